The first-order chi connectivity index (χ1) is 10.6. The average molecular weight is 306 g/mol. The Hall–Kier alpha value is -2.08. The van der Waals surface area contributed by atoms with E-state index in [1.807, 2.05) is 6.07 Å². The van der Waals surface area contributed by atoms with Gasteiger partial charge in [-0.05, 0) is 18.2 Å². The molecule has 1 fully saturated rings. The lowest BCUT2D eigenvalue weighted by molar-refractivity contribution is -0.129. The predicted octanol–water partition coefficient (Wildman–Crippen LogP) is 1.02. The zero-order valence-corrected chi connectivity index (χ0v) is 13.1. The second-order valence-corrected chi connectivity index (χ2v) is 5.23. The van der Waals surface area contributed by atoms with Gasteiger partial charge in [0, 0.05) is 45.8 Å². The molecule has 0 bridgehead atoms. The molecule has 0 radical (unpaired) electrons. The number of hydrogen-bond donors (Lipinski definition) is 0. The van der Waals surface area contributed by atoms with E-state index in [0.717, 1.165) is 0 Å². The summed E-state index contributed by atoms with van der Waals surface area (Å²) < 4.78 is 10.5. The van der Waals surface area contributed by atoms with Crippen molar-refractivity contribution in [3.63, 3.8) is 0 Å². The molecule has 0 atom stereocenters. The Kier molecular flexibility index (Phi) is 5.77. The molecule has 0 aromatic heterocycles. The van der Waals surface area contributed by atoms with Gasteiger partial charge in [0.05, 0.1) is 6.61 Å². The fourth-order valence-electron chi connectivity index (χ4n) is 2.28. The highest BCUT2D eigenvalue weighted by Crippen LogP contribution is 2.16. The maximum Gasteiger partial charge on any atom is 0.254 e. The maximum absolute atomic E-state index is 12.6. The summed E-state index contributed by atoms with van der Waals surface area (Å²) in [6, 6.07) is 7.10. The fourth-order valence-corrected chi connectivity index (χ4v) is 2.28. The average Bonchev–Trinajstić information content (AvgIpc) is 2.70. The SMILES string of the molecule is COCCOc1cccc(C(=O)N2CCC(=O)N(C)CC2)c1. The van der Waals surface area contributed by atoms with E-state index >= 15 is 0 Å². The van der Waals surface area contributed by atoms with E-state index in [1.165, 1.54) is 0 Å². The number of methoxy groups -OCH3 is 1. The van der Waals surface area contributed by atoms with E-state index in [4.69, 9.17) is 9.47 Å². The fraction of sp³-hybridized carbons (Fsp3) is 0.500. The van der Waals surface area contributed by atoms with Gasteiger partial charge in [0.25, 0.3) is 5.91 Å². The Bertz CT molecular complexity index is 533. The van der Waals surface area contributed by atoms with Crippen LogP contribution in [-0.2, 0) is 9.53 Å². The molecule has 120 valence electrons. The molecule has 2 rings (SSSR count). The third-order valence-corrected chi connectivity index (χ3v) is 3.65. The molecule has 1 saturated heterocycles. The van der Waals surface area contributed by atoms with E-state index in [2.05, 4.69) is 0 Å². The summed E-state index contributed by atoms with van der Waals surface area (Å²) in [6.45, 7) is 2.51. The number of hydrogen-bond acceptors (Lipinski definition) is 4. The van der Waals surface area contributed by atoms with Crippen LogP contribution in [-0.4, -0.2) is 68.6 Å². The Morgan fingerprint density at radius 2 is 2.05 bits per heavy atom. The molecular formula is C16H22N2O4. The second kappa shape index (κ2) is 7.79. The van der Waals surface area contributed by atoms with Crippen LogP contribution in [0, 0.1) is 0 Å². The van der Waals surface area contributed by atoms with Gasteiger partial charge < -0.3 is 19.3 Å². The molecule has 1 aliphatic heterocycles. The Morgan fingerprint density at radius 3 is 2.82 bits per heavy atom. The van der Waals surface area contributed by atoms with Crippen molar-refractivity contribution in [2.24, 2.45) is 0 Å². The highest BCUT2D eigenvalue weighted by molar-refractivity contribution is 5.95. The van der Waals surface area contributed by atoms with Crippen molar-refractivity contribution in [1.29, 1.82) is 0 Å². The second-order valence-electron chi connectivity index (χ2n) is 5.23. The first-order valence-electron chi connectivity index (χ1n) is 7.37. The Labute approximate surface area is 130 Å². The Balaban J connectivity index is 2.02. The van der Waals surface area contributed by atoms with Gasteiger partial charge >= 0.3 is 0 Å². The lowest BCUT2D eigenvalue weighted by Gasteiger charge is -2.20. The van der Waals surface area contributed by atoms with Gasteiger partial charge in [-0.3, -0.25) is 9.59 Å². The summed E-state index contributed by atoms with van der Waals surface area (Å²) >= 11 is 0. The third-order valence-electron chi connectivity index (χ3n) is 3.65. The van der Waals surface area contributed by atoms with Gasteiger partial charge in [0.15, 0.2) is 0 Å². The van der Waals surface area contributed by atoms with Gasteiger partial charge in [-0.2, -0.15) is 0 Å². The van der Waals surface area contributed by atoms with Crippen LogP contribution < -0.4 is 4.74 Å². The minimum atomic E-state index is -0.0692. The monoisotopic (exact) mass is 306 g/mol. The number of carbonyl (C=O) groups excluding carboxylic acids is 2. The molecular weight excluding hydrogens is 284 g/mol. The molecule has 0 N–H and O–H groups in total. The molecule has 6 heteroatoms. The van der Waals surface area contributed by atoms with Gasteiger partial charge in [-0.1, -0.05) is 6.07 Å². The minimum absolute atomic E-state index is 0.0692. The summed E-state index contributed by atoms with van der Waals surface area (Å²) in [6.07, 6.45) is 0.367. The van der Waals surface area contributed by atoms with Crippen LogP contribution in [0.1, 0.15) is 16.8 Å². The summed E-state index contributed by atoms with van der Waals surface area (Å²) in [7, 11) is 3.38. The number of benzene rings is 1. The van der Waals surface area contributed by atoms with Gasteiger partial charge in [0.1, 0.15) is 12.4 Å². The van der Waals surface area contributed by atoms with Gasteiger partial charge in [-0.25, -0.2) is 0 Å². The zero-order chi connectivity index (χ0) is 15.9. The van der Waals surface area contributed by atoms with Crippen LogP contribution in [0.3, 0.4) is 0 Å². The van der Waals surface area contributed by atoms with Crippen molar-refractivity contribution in [2.75, 3.05) is 47.0 Å². The number of ether oxygens (including phenoxy) is 2. The first-order valence-corrected chi connectivity index (χ1v) is 7.37. The predicted molar refractivity (Wildman–Crippen MR) is 82.0 cm³/mol. The van der Waals surface area contributed by atoms with Gasteiger partial charge in [-0.15, -0.1) is 0 Å². The van der Waals surface area contributed by atoms with Crippen LogP contribution in [0.5, 0.6) is 5.75 Å². The van der Waals surface area contributed by atoms with E-state index < -0.39 is 0 Å². The van der Waals surface area contributed by atoms with Crippen LogP contribution in [0.15, 0.2) is 24.3 Å². The lowest BCUT2D eigenvalue weighted by atomic mass is 10.2. The number of carbonyl (C=O) groups is 2. The largest absolute Gasteiger partial charge is 0.491 e. The molecule has 0 unspecified atom stereocenters. The molecule has 1 aromatic rings. The molecule has 1 aromatic carbocycles. The topological polar surface area (TPSA) is 59.1 Å². The summed E-state index contributed by atoms with van der Waals surface area (Å²) in [5.41, 5.74) is 0.576. The van der Waals surface area contributed by atoms with Crippen LogP contribution in [0.2, 0.25) is 0 Å². The number of likely N-dealkylation sites (N-methyl/N-ethyl adjacent to an activating group) is 1. The smallest absolute Gasteiger partial charge is 0.254 e. The first kappa shape index (κ1) is 16.3. The maximum atomic E-state index is 12.6. The van der Waals surface area contributed by atoms with Crippen molar-refractivity contribution >= 4 is 11.8 Å². The van der Waals surface area contributed by atoms with E-state index in [9.17, 15) is 9.59 Å². The summed E-state index contributed by atoms with van der Waals surface area (Å²) in [4.78, 5) is 27.6. The summed E-state index contributed by atoms with van der Waals surface area (Å²) in [5, 5.41) is 0. The highest BCUT2D eigenvalue weighted by atomic mass is 16.5. The molecule has 6 nitrogen and oxygen atoms in total. The Morgan fingerprint density at radius 1 is 1.23 bits per heavy atom. The standard InChI is InChI=1S/C16H22N2O4/c1-17-8-9-18(7-6-15(17)19)16(20)13-4-3-5-14(12-13)22-11-10-21-2/h3-5,12H,6-11H2,1-2H3. The molecule has 0 aliphatic carbocycles. The minimum Gasteiger partial charge on any atom is -0.491 e. The molecule has 1 heterocycles. The lowest BCUT2D eigenvalue weighted by Crippen LogP contribution is -2.34. The van der Waals surface area contributed by atoms with Crippen molar-refractivity contribution in [3.05, 3.63) is 29.8 Å². The van der Waals surface area contributed by atoms with Gasteiger partial charge in [0.2, 0.25) is 5.91 Å². The molecule has 1 aliphatic rings. The normalized spacial score (nSPS) is 15.6. The van der Waals surface area contributed by atoms with E-state index in [1.54, 1.807) is 42.2 Å². The van der Waals surface area contributed by atoms with Crippen molar-refractivity contribution in [3.8, 4) is 5.75 Å². The number of rotatable bonds is 5. The van der Waals surface area contributed by atoms with E-state index in [0.29, 0.717) is 50.6 Å². The van der Waals surface area contributed by atoms with E-state index in [-0.39, 0.29) is 11.8 Å². The van der Waals surface area contributed by atoms with Crippen molar-refractivity contribution < 1.29 is 19.1 Å². The molecule has 0 saturated carbocycles. The van der Waals surface area contributed by atoms with Crippen molar-refractivity contribution in [2.45, 2.75) is 6.42 Å². The van der Waals surface area contributed by atoms with Crippen LogP contribution in [0.25, 0.3) is 0 Å². The quantitative estimate of drug-likeness (QED) is 0.762. The van der Waals surface area contributed by atoms with Crippen LogP contribution >= 0.6 is 0 Å². The molecule has 0 spiro atoms. The summed E-state index contributed by atoms with van der Waals surface area (Å²) in [5.74, 6) is 0.651. The highest BCUT2D eigenvalue weighted by Gasteiger charge is 2.22. The number of amides is 2. The van der Waals surface area contributed by atoms with Crippen LogP contribution in [0.4, 0.5) is 0 Å². The third kappa shape index (κ3) is 4.21. The zero-order valence-electron chi connectivity index (χ0n) is 13.1. The number of nitrogens with zero attached hydrogens (tertiary/aromatic N) is 2. The molecule has 22 heavy (non-hydrogen) atoms. The van der Waals surface area contributed by atoms with Crippen molar-refractivity contribution in [1.82, 2.24) is 9.80 Å². The molecule has 2 amide bonds.